The predicted octanol–water partition coefficient (Wildman–Crippen LogP) is 8.76. The zero-order chi connectivity index (χ0) is 33.8. The summed E-state index contributed by atoms with van der Waals surface area (Å²) in [4.78, 5) is 4.64. The average molecular weight is 709 g/mol. The van der Waals surface area contributed by atoms with Crippen molar-refractivity contribution in [3.63, 3.8) is 0 Å². The first-order valence-electron chi connectivity index (χ1n) is 13.3. The van der Waals surface area contributed by atoms with Crippen molar-refractivity contribution < 1.29 is 47.3 Å². The van der Waals surface area contributed by atoms with Crippen molar-refractivity contribution >= 4 is 95.1 Å². The minimum Gasteiger partial charge on any atom is -0.505 e. The number of aromatic nitrogens is 1. The maximum atomic E-state index is 11.8. The van der Waals surface area contributed by atoms with Gasteiger partial charge < -0.3 is 10.8 Å². The minimum absolute atomic E-state index is 0.0621. The summed E-state index contributed by atoms with van der Waals surface area (Å²) in [6.45, 7) is 0. The van der Waals surface area contributed by atoms with E-state index in [1.807, 2.05) is 24.3 Å². The quantitative estimate of drug-likeness (QED) is 0.0211. The third-order valence-electron chi connectivity index (χ3n) is 6.83. The van der Waals surface area contributed by atoms with Gasteiger partial charge in [0, 0.05) is 21.9 Å². The number of phenolic OH excluding ortho intramolecular Hbond substituents is 1. The monoisotopic (exact) mass is 708 g/mol. The third-order valence-corrected chi connectivity index (χ3v) is 8.93. The number of hydrogen-bond acceptors (Lipinski definition) is 17. The van der Waals surface area contributed by atoms with E-state index < -0.39 is 20.8 Å². The van der Waals surface area contributed by atoms with E-state index in [4.69, 9.17) is 16.2 Å². The molecule has 6 rings (SSSR count). The highest BCUT2D eigenvalue weighted by Crippen LogP contribution is 2.46. The molecule has 0 spiro atoms. The molecule has 48 heavy (non-hydrogen) atoms. The first-order valence-corrected chi connectivity index (χ1v) is 16.2. The number of anilines is 1. The summed E-state index contributed by atoms with van der Waals surface area (Å²) in [6.07, 6.45) is 1.58. The summed E-state index contributed by atoms with van der Waals surface area (Å²) >= 11 is 1.29. The Balaban J connectivity index is 1.36. The SMILES string of the molecule is Nc1cc2c(O)c(/N=N/c3ccc(/N=N/c4ccc5ccc(SOOO)cc5c4)c4ncccc34)c(SOOO)cc2cc1S(=O)(=O)O. The van der Waals surface area contributed by atoms with E-state index in [0.29, 0.717) is 44.9 Å². The van der Waals surface area contributed by atoms with Gasteiger partial charge >= 0.3 is 0 Å². The zero-order valence-corrected chi connectivity index (χ0v) is 26.3. The molecule has 0 bridgehead atoms. The Morgan fingerprint density at radius 1 is 0.750 bits per heavy atom. The highest BCUT2D eigenvalue weighted by Gasteiger charge is 2.21. The molecule has 0 saturated carbocycles. The molecule has 0 saturated heterocycles. The Kier molecular flexibility index (Phi) is 9.75. The van der Waals surface area contributed by atoms with Crippen molar-refractivity contribution in [2.45, 2.75) is 14.7 Å². The van der Waals surface area contributed by atoms with Crippen molar-refractivity contribution in [1.29, 1.82) is 0 Å². The number of phenols is 1. The second kappa shape index (κ2) is 14.1. The number of nitrogens with two attached hydrogens (primary N) is 1. The van der Waals surface area contributed by atoms with Crippen LogP contribution in [0.1, 0.15) is 0 Å². The molecule has 16 nitrogen and oxygen atoms in total. The molecule has 6 N–H and O–H groups in total. The largest absolute Gasteiger partial charge is 0.505 e. The van der Waals surface area contributed by atoms with E-state index in [1.165, 1.54) is 6.07 Å². The number of nitrogens with zero attached hydrogens (tertiary/aromatic N) is 5. The number of rotatable bonds is 11. The first-order chi connectivity index (χ1) is 23.2. The van der Waals surface area contributed by atoms with Gasteiger partial charge in [0.25, 0.3) is 10.1 Å². The number of aromatic hydroxyl groups is 1. The molecular weight excluding hydrogens is 689 g/mol. The van der Waals surface area contributed by atoms with Gasteiger partial charge in [-0.25, -0.2) is 10.5 Å². The summed E-state index contributed by atoms with van der Waals surface area (Å²) < 4.78 is 42.1. The summed E-state index contributed by atoms with van der Waals surface area (Å²) in [5.41, 5.74) is 7.19. The first kappa shape index (κ1) is 33.1. The number of hydrogen-bond donors (Lipinski definition) is 5. The van der Waals surface area contributed by atoms with Crippen molar-refractivity contribution in [3.8, 4) is 5.75 Å². The van der Waals surface area contributed by atoms with Crippen LogP contribution in [0.5, 0.6) is 5.75 Å². The van der Waals surface area contributed by atoms with Crippen LogP contribution in [0.3, 0.4) is 0 Å². The Bertz CT molecular complexity index is 2360. The van der Waals surface area contributed by atoms with Gasteiger partial charge in [-0.1, -0.05) is 22.2 Å². The summed E-state index contributed by atoms with van der Waals surface area (Å²) in [5.74, 6) is -0.447. The van der Waals surface area contributed by atoms with E-state index in [-0.39, 0.29) is 27.0 Å². The van der Waals surface area contributed by atoms with Crippen molar-refractivity contribution in [3.05, 3.63) is 85.1 Å². The van der Waals surface area contributed by atoms with E-state index in [2.05, 4.69) is 44.2 Å². The number of benzene rings is 5. The van der Waals surface area contributed by atoms with E-state index >= 15 is 0 Å². The highest BCUT2D eigenvalue weighted by molar-refractivity contribution is 7.95. The third kappa shape index (κ3) is 7.05. The van der Waals surface area contributed by atoms with Crippen LogP contribution in [0.25, 0.3) is 32.4 Å². The topological polar surface area (TPSA) is 240 Å². The Morgan fingerprint density at radius 2 is 1.50 bits per heavy atom. The minimum atomic E-state index is -4.67. The molecule has 5 aromatic carbocycles. The molecule has 0 aliphatic rings. The van der Waals surface area contributed by atoms with Crippen LogP contribution in [-0.4, -0.2) is 33.6 Å². The molecule has 19 heteroatoms. The molecule has 0 unspecified atom stereocenters. The second-order valence-electron chi connectivity index (χ2n) is 9.71. The fourth-order valence-corrected chi connectivity index (χ4v) is 6.27. The fourth-order valence-electron chi connectivity index (χ4n) is 4.73. The van der Waals surface area contributed by atoms with Gasteiger partial charge in [0.05, 0.1) is 51.6 Å². The van der Waals surface area contributed by atoms with Crippen molar-refractivity contribution in [1.82, 2.24) is 4.98 Å². The van der Waals surface area contributed by atoms with Gasteiger partial charge in [-0.05, 0) is 82.9 Å². The number of azo groups is 2. The lowest BCUT2D eigenvalue weighted by molar-refractivity contribution is -0.432. The number of pyridine rings is 1. The lowest BCUT2D eigenvalue weighted by Crippen LogP contribution is -2.03. The van der Waals surface area contributed by atoms with Crippen LogP contribution in [0.2, 0.25) is 0 Å². The van der Waals surface area contributed by atoms with Crippen molar-refractivity contribution in [2.24, 2.45) is 20.5 Å². The van der Waals surface area contributed by atoms with E-state index in [9.17, 15) is 18.1 Å². The molecule has 6 aromatic rings. The molecule has 1 heterocycles. The smallest absolute Gasteiger partial charge is 0.296 e. The Hall–Kier alpha value is -4.80. The van der Waals surface area contributed by atoms with Gasteiger partial charge in [-0.15, -0.1) is 24.0 Å². The fraction of sp³-hybridized carbons (Fsp3) is 0. The van der Waals surface area contributed by atoms with Crippen LogP contribution < -0.4 is 5.73 Å². The summed E-state index contributed by atoms with van der Waals surface area (Å²) in [5, 5.41) is 55.5. The van der Waals surface area contributed by atoms with Gasteiger partial charge in [-0.3, -0.25) is 9.54 Å². The van der Waals surface area contributed by atoms with E-state index in [0.717, 1.165) is 34.9 Å². The number of nitrogen functional groups attached to an aromatic ring is 1. The summed E-state index contributed by atoms with van der Waals surface area (Å²) in [7, 11) is -4.67. The Morgan fingerprint density at radius 3 is 2.29 bits per heavy atom. The van der Waals surface area contributed by atoms with E-state index in [1.54, 1.807) is 42.6 Å². The molecule has 0 atom stereocenters. The normalized spacial score (nSPS) is 12.3. The molecule has 0 radical (unpaired) electrons. The predicted molar refractivity (Wildman–Crippen MR) is 175 cm³/mol. The molecule has 0 fully saturated rings. The Labute approximate surface area is 278 Å². The zero-order valence-electron chi connectivity index (χ0n) is 23.9. The van der Waals surface area contributed by atoms with Crippen LogP contribution in [0.15, 0.2) is 120 Å². The van der Waals surface area contributed by atoms with Crippen LogP contribution in [0, 0.1) is 0 Å². The van der Waals surface area contributed by atoms with Gasteiger partial charge in [0.2, 0.25) is 0 Å². The maximum absolute atomic E-state index is 11.8. The molecule has 0 aliphatic heterocycles. The highest BCUT2D eigenvalue weighted by atomic mass is 32.2. The maximum Gasteiger partial charge on any atom is 0.296 e. The van der Waals surface area contributed by atoms with Crippen LogP contribution in [0.4, 0.5) is 28.4 Å². The van der Waals surface area contributed by atoms with Crippen LogP contribution >= 0.6 is 24.1 Å². The molecule has 1 aromatic heterocycles. The standard InChI is InChI=1S/C29H20N6O10S3/c30-22-14-21-17(13-26(22)48(39,40)41)12-25(47-45-43-38)28(29(21)36)35-33-23-7-8-24(27-20(23)2-1-9-31-27)34-32-18-5-3-15-4-6-19(46-44-42-37)11-16(15)10-18/h1-14,36-38H,30H2,(H,39,40,41)/b34-32+,35-33+. The van der Waals surface area contributed by atoms with Gasteiger partial charge in [0.15, 0.2) is 5.75 Å². The molecular formula is C29H20N6O10S3. The summed E-state index contributed by atoms with van der Waals surface area (Å²) in [6, 6.07) is 21.4. The molecule has 244 valence electrons. The van der Waals surface area contributed by atoms with Crippen molar-refractivity contribution in [2.75, 3.05) is 5.73 Å². The molecule has 0 aliphatic carbocycles. The van der Waals surface area contributed by atoms with Gasteiger partial charge in [-0.2, -0.15) is 13.5 Å². The lowest BCUT2D eigenvalue weighted by atomic mass is 10.1. The number of fused-ring (bicyclic) bond motifs is 3. The van der Waals surface area contributed by atoms with Gasteiger partial charge in [0.1, 0.15) is 16.3 Å². The lowest BCUT2D eigenvalue weighted by Gasteiger charge is -2.11. The molecule has 0 amide bonds. The second-order valence-corrected chi connectivity index (χ2v) is 12.6. The average Bonchev–Trinajstić information content (AvgIpc) is 3.08. The van der Waals surface area contributed by atoms with Crippen LogP contribution in [-0.2, 0) is 28.9 Å².